The molecule has 1 unspecified atom stereocenters. The summed E-state index contributed by atoms with van der Waals surface area (Å²) in [5.41, 5.74) is 0.672. The molecule has 3 heterocycles. The van der Waals surface area contributed by atoms with Gasteiger partial charge in [0, 0.05) is 12.2 Å². The monoisotopic (exact) mass is 300 g/mol. The topological polar surface area (TPSA) is 76.4 Å². The highest BCUT2D eigenvalue weighted by Crippen LogP contribution is 2.17. The molecular weight excluding hydrogens is 288 g/mol. The minimum Gasteiger partial charge on any atom is -0.349 e. The fourth-order valence-corrected chi connectivity index (χ4v) is 4.03. The lowest BCUT2D eigenvalue weighted by molar-refractivity contribution is 0.561. The van der Waals surface area contributed by atoms with Gasteiger partial charge in [-0.3, -0.25) is 0 Å². The van der Waals surface area contributed by atoms with Crippen LogP contribution in [0.25, 0.3) is 5.65 Å². The van der Waals surface area contributed by atoms with Crippen molar-refractivity contribution in [1.29, 1.82) is 0 Å². The average molecular weight is 301 g/mol. The predicted molar refractivity (Wildman–Crippen MR) is 73.3 cm³/mol. The van der Waals surface area contributed by atoms with Crippen LogP contribution >= 0.6 is 11.6 Å². The van der Waals surface area contributed by atoms with Gasteiger partial charge in [-0.05, 0) is 25.0 Å². The van der Waals surface area contributed by atoms with Gasteiger partial charge in [0.1, 0.15) is 0 Å². The highest BCUT2D eigenvalue weighted by molar-refractivity contribution is 7.91. The van der Waals surface area contributed by atoms with E-state index in [1.165, 1.54) is 0 Å². The van der Waals surface area contributed by atoms with E-state index in [0.29, 0.717) is 23.0 Å². The van der Waals surface area contributed by atoms with Crippen molar-refractivity contribution in [1.82, 2.24) is 14.6 Å². The zero-order valence-electron chi connectivity index (χ0n) is 10.1. The highest BCUT2D eigenvalue weighted by Gasteiger charge is 2.25. The molecule has 1 aliphatic rings. The predicted octanol–water partition coefficient (Wildman–Crippen LogP) is 1.37. The highest BCUT2D eigenvalue weighted by atomic mass is 35.5. The van der Waals surface area contributed by atoms with Gasteiger partial charge < -0.3 is 5.32 Å². The molecule has 1 saturated heterocycles. The first-order chi connectivity index (χ1) is 9.02. The molecule has 0 spiro atoms. The Balaban J connectivity index is 1.81. The molecule has 1 N–H and O–H groups in total. The molecule has 8 heteroatoms. The summed E-state index contributed by atoms with van der Waals surface area (Å²) in [5, 5.41) is 7.88. The minimum atomic E-state index is -2.93. The van der Waals surface area contributed by atoms with E-state index in [2.05, 4.69) is 15.4 Å². The lowest BCUT2D eigenvalue weighted by atomic mass is 10.2. The fourth-order valence-electron chi connectivity index (χ4n) is 2.24. The molecule has 3 rings (SSSR count). The van der Waals surface area contributed by atoms with Crippen molar-refractivity contribution < 1.29 is 8.42 Å². The number of fused-ring (bicyclic) bond motifs is 1. The Bertz CT molecular complexity index is 713. The normalized spacial score (nSPS) is 22.5. The Morgan fingerprint density at radius 1 is 1.42 bits per heavy atom. The molecule has 2 aromatic heterocycles. The van der Waals surface area contributed by atoms with Crippen molar-refractivity contribution >= 4 is 33.0 Å². The smallest absolute Gasteiger partial charge is 0.243 e. The van der Waals surface area contributed by atoms with E-state index in [9.17, 15) is 8.42 Å². The Morgan fingerprint density at radius 2 is 2.26 bits per heavy atom. The van der Waals surface area contributed by atoms with Gasteiger partial charge in [-0.1, -0.05) is 11.6 Å². The summed E-state index contributed by atoms with van der Waals surface area (Å²) in [5.74, 6) is 0.854. The first-order valence-corrected chi connectivity index (χ1v) is 8.21. The molecular formula is C11H13ClN4O2S. The van der Waals surface area contributed by atoms with Crippen molar-refractivity contribution in [2.24, 2.45) is 0 Å². The third-order valence-electron chi connectivity index (χ3n) is 3.09. The van der Waals surface area contributed by atoms with Crippen LogP contribution < -0.4 is 5.32 Å². The van der Waals surface area contributed by atoms with Crippen LogP contribution in [0, 0.1) is 0 Å². The Hall–Kier alpha value is -1.34. The zero-order chi connectivity index (χ0) is 13.5. The molecule has 2 aromatic rings. The number of hydrogen-bond acceptors (Lipinski definition) is 5. The first kappa shape index (κ1) is 12.7. The van der Waals surface area contributed by atoms with Crippen LogP contribution in [-0.4, -0.2) is 40.6 Å². The van der Waals surface area contributed by atoms with Crippen LogP contribution in [0.3, 0.4) is 0 Å². The van der Waals surface area contributed by atoms with Gasteiger partial charge in [-0.25, -0.2) is 12.9 Å². The summed E-state index contributed by atoms with van der Waals surface area (Å²) in [7, 11) is -2.93. The van der Waals surface area contributed by atoms with E-state index in [0.717, 1.165) is 6.42 Å². The second-order valence-electron chi connectivity index (χ2n) is 4.68. The summed E-state index contributed by atoms with van der Waals surface area (Å²) in [6.07, 6.45) is 3.15. The second kappa shape index (κ2) is 4.64. The second-order valence-corrected chi connectivity index (χ2v) is 7.35. The Kier molecular flexibility index (Phi) is 3.10. The van der Waals surface area contributed by atoms with Crippen LogP contribution in [0.4, 0.5) is 5.95 Å². The van der Waals surface area contributed by atoms with Gasteiger partial charge in [-0.2, -0.15) is 4.98 Å². The van der Waals surface area contributed by atoms with Crippen molar-refractivity contribution in [2.45, 2.75) is 18.9 Å². The maximum Gasteiger partial charge on any atom is 0.243 e. The zero-order valence-corrected chi connectivity index (χ0v) is 11.7. The molecule has 1 aliphatic heterocycles. The van der Waals surface area contributed by atoms with Gasteiger partial charge >= 0.3 is 0 Å². The van der Waals surface area contributed by atoms with Gasteiger partial charge in [0.15, 0.2) is 15.5 Å². The lowest BCUT2D eigenvalue weighted by Crippen LogP contribution is -2.35. The summed E-state index contributed by atoms with van der Waals surface area (Å²) < 4.78 is 24.7. The third kappa shape index (κ3) is 2.82. The molecule has 102 valence electrons. The van der Waals surface area contributed by atoms with Gasteiger partial charge in [0.25, 0.3) is 0 Å². The van der Waals surface area contributed by atoms with Gasteiger partial charge in [-0.15, -0.1) is 5.10 Å². The number of pyridine rings is 1. The summed E-state index contributed by atoms with van der Waals surface area (Å²) in [6.45, 7) is 0. The third-order valence-corrected chi connectivity index (χ3v) is 5.14. The van der Waals surface area contributed by atoms with Gasteiger partial charge in [0.05, 0.1) is 16.5 Å². The Labute approximate surface area is 115 Å². The Morgan fingerprint density at radius 3 is 3.05 bits per heavy atom. The molecule has 0 saturated carbocycles. The van der Waals surface area contributed by atoms with Crippen molar-refractivity contribution in [3.63, 3.8) is 0 Å². The number of rotatable bonds is 2. The quantitative estimate of drug-likeness (QED) is 0.906. The molecule has 19 heavy (non-hydrogen) atoms. The number of sulfone groups is 1. The molecule has 1 fully saturated rings. The van der Waals surface area contributed by atoms with Gasteiger partial charge in [0.2, 0.25) is 5.95 Å². The van der Waals surface area contributed by atoms with Crippen LogP contribution in [0.1, 0.15) is 12.8 Å². The number of halogens is 1. The minimum absolute atomic E-state index is 0.119. The molecule has 0 amide bonds. The summed E-state index contributed by atoms with van der Waals surface area (Å²) in [4.78, 5) is 4.28. The lowest BCUT2D eigenvalue weighted by Gasteiger charge is -2.22. The van der Waals surface area contributed by atoms with Crippen molar-refractivity contribution in [3.8, 4) is 0 Å². The number of nitrogens with zero attached hydrogens (tertiary/aromatic N) is 3. The standard InChI is InChI=1S/C11H13ClN4O2S/c12-8-3-4-10-14-11(15-16(10)6-8)13-9-2-1-5-19(17,18)7-9/h3-4,6,9H,1-2,5,7H2,(H,13,15). The molecule has 0 aromatic carbocycles. The molecule has 0 aliphatic carbocycles. The van der Waals surface area contributed by atoms with E-state index in [4.69, 9.17) is 11.6 Å². The largest absolute Gasteiger partial charge is 0.349 e. The van der Waals surface area contributed by atoms with E-state index in [1.807, 2.05) is 0 Å². The average Bonchev–Trinajstić information content (AvgIpc) is 2.68. The number of anilines is 1. The molecule has 0 radical (unpaired) electrons. The summed E-state index contributed by atoms with van der Waals surface area (Å²) >= 11 is 5.87. The first-order valence-electron chi connectivity index (χ1n) is 6.01. The van der Waals surface area contributed by atoms with E-state index in [-0.39, 0.29) is 17.5 Å². The van der Waals surface area contributed by atoms with Crippen molar-refractivity contribution in [3.05, 3.63) is 23.4 Å². The molecule has 1 atom stereocenters. The number of hydrogen-bond donors (Lipinski definition) is 1. The van der Waals surface area contributed by atoms with E-state index < -0.39 is 9.84 Å². The van der Waals surface area contributed by atoms with E-state index in [1.54, 1.807) is 22.8 Å². The maximum atomic E-state index is 11.6. The number of aromatic nitrogens is 3. The SMILES string of the molecule is O=S1(=O)CCCC(Nc2nc3ccc(Cl)cn3n2)C1. The van der Waals surface area contributed by atoms with Crippen LogP contribution in [0.5, 0.6) is 0 Å². The maximum absolute atomic E-state index is 11.6. The molecule has 6 nitrogen and oxygen atoms in total. The molecule has 0 bridgehead atoms. The summed E-state index contributed by atoms with van der Waals surface area (Å²) in [6, 6.07) is 3.38. The van der Waals surface area contributed by atoms with E-state index >= 15 is 0 Å². The van der Waals surface area contributed by atoms with Crippen LogP contribution in [0.15, 0.2) is 18.3 Å². The van der Waals surface area contributed by atoms with Crippen LogP contribution in [0.2, 0.25) is 5.02 Å². The van der Waals surface area contributed by atoms with Crippen LogP contribution in [-0.2, 0) is 9.84 Å². The fraction of sp³-hybridized carbons (Fsp3) is 0.455. The van der Waals surface area contributed by atoms with Crippen molar-refractivity contribution in [2.75, 3.05) is 16.8 Å². The number of nitrogens with one attached hydrogen (secondary N) is 1.